The Balaban J connectivity index is 3.39. The molecule has 0 aromatic rings. The van der Waals surface area contributed by atoms with Crippen molar-refractivity contribution in [3.8, 4) is 0 Å². The number of hydrogen-bond donors (Lipinski definition) is 4. The van der Waals surface area contributed by atoms with E-state index in [0.29, 0.717) is 0 Å². The van der Waals surface area contributed by atoms with Gasteiger partial charge in [-0.05, 0) is 11.2 Å². The van der Waals surface area contributed by atoms with Gasteiger partial charge in [0.1, 0.15) is 17.6 Å². The van der Waals surface area contributed by atoms with Crippen molar-refractivity contribution in [2.24, 2.45) is 5.73 Å². The van der Waals surface area contributed by atoms with Gasteiger partial charge >= 0.3 is 6.03 Å². The zero-order valence-corrected chi connectivity index (χ0v) is 7.92. The predicted octanol–water partition coefficient (Wildman–Crippen LogP) is -2.24. The Labute approximate surface area is 79.3 Å². The molecule has 0 saturated carbocycles. The summed E-state index contributed by atoms with van der Waals surface area (Å²) in [5.74, 6) is 0.233. The van der Waals surface area contributed by atoms with Gasteiger partial charge in [0, 0.05) is 0 Å². The molecule has 78 valence electrons. The molecule has 0 radical (unpaired) electrons. The lowest BCUT2D eigenvalue weighted by Gasteiger charge is -2.13. The van der Waals surface area contributed by atoms with Crippen LogP contribution < -0.4 is 11.1 Å². The number of aliphatic hydroxyl groups excluding tert-OH is 2. The number of hydrogen-bond acceptors (Lipinski definition) is 4. The van der Waals surface area contributed by atoms with E-state index in [1.165, 1.54) is 0 Å². The Bertz CT molecular complexity index is 158. The summed E-state index contributed by atoms with van der Waals surface area (Å²) in [6, 6.07) is -0.667. The molecule has 0 heterocycles. The largest absolute Gasteiger partial charge is 0.616 e. The van der Waals surface area contributed by atoms with Gasteiger partial charge in [0.15, 0.2) is 0 Å². The zero-order valence-electron chi connectivity index (χ0n) is 7.10. The summed E-state index contributed by atoms with van der Waals surface area (Å²) in [4.78, 5) is 10.2. The fourth-order valence-electron chi connectivity index (χ4n) is 0.639. The van der Waals surface area contributed by atoms with Gasteiger partial charge in [-0.2, -0.15) is 0 Å². The first-order chi connectivity index (χ1) is 6.06. The quantitative estimate of drug-likeness (QED) is 0.370. The first-order valence-corrected chi connectivity index (χ1v) is 5.22. The highest BCUT2D eigenvalue weighted by Crippen LogP contribution is 1.93. The molecule has 2 amide bonds. The lowest BCUT2D eigenvalue weighted by molar-refractivity contribution is 0.112. The van der Waals surface area contributed by atoms with Crippen LogP contribution in [0.15, 0.2) is 0 Å². The molecule has 0 aliphatic carbocycles. The normalized spacial score (nSPS) is 15.0. The Morgan fingerprint density at radius 2 is 2.31 bits per heavy atom. The number of carbonyl (C=O) groups excluding carboxylic acids is 1. The van der Waals surface area contributed by atoms with Gasteiger partial charge in [-0.1, -0.05) is 0 Å². The summed E-state index contributed by atoms with van der Waals surface area (Å²) in [6.45, 7) is -0.199. The molecule has 0 bridgehead atoms. The Morgan fingerprint density at radius 3 is 2.77 bits per heavy atom. The third kappa shape index (κ3) is 7.85. The van der Waals surface area contributed by atoms with Crippen LogP contribution in [-0.2, 0) is 11.2 Å². The van der Waals surface area contributed by atoms with Crippen LogP contribution in [0.1, 0.15) is 0 Å². The van der Waals surface area contributed by atoms with E-state index in [2.05, 4.69) is 5.32 Å². The van der Waals surface area contributed by atoms with Crippen LogP contribution in [-0.4, -0.2) is 51.6 Å². The third-order valence-corrected chi connectivity index (χ3v) is 2.63. The van der Waals surface area contributed by atoms with Crippen molar-refractivity contribution < 1.29 is 19.6 Å². The van der Waals surface area contributed by atoms with E-state index < -0.39 is 29.9 Å². The second kappa shape index (κ2) is 6.96. The summed E-state index contributed by atoms with van der Waals surface area (Å²) < 4.78 is 11.0. The monoisotopic (exact) mass is 210 g/mol. The molecule has 0 saturated heterocycles. The number of nitrogens with one attached hydrogen (secondary N) is 1. The van der Waals surface area contributed by atoms with E-state index in [1.807, 2.05) is 0 Å². The van der Waals surface area contributed by atoms with Crippen molar-refractivity contribution in [3.63, 3.8) is 0 Å². The summed E-state index contributed by atoms with van der Waals surface area (Å²) in [6.07, 6.45) is -0.964. The maximum atomic E-state index is 11.0. The standard InChI is InChI=1S/C6H14N2O4S/c7-6(11)8-1-2-13(12)4-5(10)3-9/h5,9-10H,1-4H2,(H3,7,8,11). The van der Waals surface area contributed by atoms with Gasteiger partial charge in [0.25, 0.3) is 0 Å². The molecule has 0 aliphatic heterocycles. The number of rotatable bonds is 6. The molecule has 0 aromatic heterocycles. The summed E-state index contributed by atoms with van der Waals surface area (Å²) in [5.41, 5.74) is 4.77. The predicted molar refractivity (Wildman–Crippen MR) is 48.6 cm³/mol. The van der Waals surface area contributed by atoms with Gasteiger partial charge in [0.2, 0.25) is 0 Å². The van der Waals surface area contributed by atoms with Crippen LogP contribution >= 0.6 is 0 Å². The maximum Gasteiger partial charge on any atom is 0.312 e. The van der Waals surface area contributed by atoms with E-state index in [4.69, 9.17) is 15.9 Å². The fourth-order valence-corrected chi connectivity index (χ4v) is 1.67. The molecule has 2 atom stereocenters. The van der Waals surface area contributed by atoms with Gasteiger partial charge in [-0.25, -0.2) is 4.79 Å². The topological polar surface area (TPSA) is 119 Å². The van der Waals surface area contributed by atoms with Gasteiger partial charge in [-0.3, -0.25) is 0 Å². The number of amides is 2. The second-order valence-electron chi connectivity index (χ2n) is 2.44. The number of aliphatic hydroxyl groups is 2. The summed E-state index contributed by atoms with van der Waals surface area (Å²) in [7, 11) is 0. The molecule has 0 aliphatic rings. The molecule has 7 heteroatoms. The average Bonchev–Trinajstić information content (AvgIpc) is 2.03. The van der Waals surface area contributed by atoms with Crippen molar-refractivity contribution in [1.82, 2.24) is 5.32 Å². The first-order valence-electron chi connectivity index (χ1n) is 3.73. The zero-order chi connectivity index (χ0) is 10.3. The minimum absolute atomic E-state index is 0.0109. The number of primary amides is 1. The van der Waals surface area contributed by atoms with Crippen molar-refractivity contribution >= 4 is 17.2 Å². The van der Waals surface area contributed by atoms with Crippen LogP contribution in [0.3, 0.4) is 0 Å². The molecular formula is C6H14N2O4S. The van der Waals surface area contributed by atoms with E-state index in [9.17, 15) is 9.35 Å². The Kier molecular flexibility index (Phi) is 6.69. The second-order valence-corrected chi connectivity index (χ2v) is 4.06. The molecular weight excluding hydrogens is 196 g/mol. The van der Waals surface area contributed by atoms with Gasteiger partial charge in [0.05, 0.1) is 13.2 Å². The molecule has 6 nitrogen and oxygen atoms in total. The van der Waals surface area contributed by atoms with Crippen LogP contribution in [0.2, 0.25) is 0 Å². The molecule has 0 spiro atoms. The van der Waals surface area contributed by atoms with Crippen LogP contribution in [0.25, 0.3) is 0 Å². The highest BCUT2D eigenvalue weighted by Gasteiger charge is 2.12. The molecule has 2 unspecified atom stereocenters. The fraction of sp³-hybridized carbons (Fsp3) is 0.833. The van der Waals surface area contributed by atoms with Crippen molar-refractivity contribution in [2.45, 2.75) is 6.10 Å². The maximum absolute atomic E-state index is 11.0. The van der Waals surface area contributed by atoms with Gasteiger partial charge < -0.3 is 25.8 Å². The van der Waals surface area contributed by atoms with Crippen molar-refractivity contribution in [1.29, 1.82) is 0 Å². The van der Waals surface area contributed by atoms with E-state index in [0.717, 1.165) is 0 Å². The molecule has 0 aromatic carbocycles. The van der Waals surface area contributed by atoms with E-state index in [-0.39, 0.29) is 18.1 Å². The minimum atomic E-state index is -1.25. The lowest BCUT2D eigenvalue weighted by Crippen LogP contribution is -2.35. The van der Waals surface area contributed by atoms with Crippen molar-refractivity contribution in [2.75, 3.05) is 24.7 Å². The van der Waals surface area contributed by atoms with Crippen LogP contribution in [0, 0.1) is 0 Å². The highest BCUT2D eigenvalue weighted by molar-refractivity contribution is 7.91. The Hall–Kier alpha value is -0.500. The van der Waals surface area contributed by atoms with Crippen LogP contribution in [0.4, 0.5) is 4.79 Å². The summed E-state index contributed by atoms with van der Waals surface area (Å²) in [5, 5.41) is 19.6. The molecule has 0 rings (SSSR count). The number of urea groups is 1. The Morgan fingerprint density at radius 1 is 1.69 bits per heavy atom. The third-order valence-electron chi connectivity index (χ3n) is 1.22. The highest BCUT2D eigenvalue weighted by atomic mass is 32.2. The van der Waals surface area contributed by atoms with E-state index in [1.54, 1.807) is 0 Å². The van der Waals surface area contributed by atoms with Crippen molar-refractivity contribution in [3.05, 3.63) is 0 Å². The number of nitrogens with two attached hydrogens (primary N) is 1. The molecule has 13 heavy (non-hydrogen) atoms. The minimum Gasteiger partial charge on any atom is -0.616 e. The van der Waals surface area contributed by atoms with Crippen LogP contribution in [0.5, 0.6) is 0 Å². The smallest absolute Gasteiger partial charge is 0.312 e. The first kappa shape index (κ1) is 12.5. The number of carbonyl (C=O) groups is 1. The van der Waals surface area contributed by atoms with Gasteiger partial charge in [-0.15, -0.1) is 0 Å². The summed E-state index contributed by atoms with van der Waals surface area (Å²) >= 11 is -1.25. The average molecular weight is 210 g/mol. The van der Waals surface area contributed by atoms with E-state index >= 15 is 0 Å². The SMILES string of the molecule is NC(=O)NCC[S+]([O-])CC(O)CO. The molecule has 5 N–H and O–H groups in total. The molecule has 0 fully saturated rings. The lowest BCUT2D eigenvalue weighted by atomic mass is 10.4.